The summed E-state index contributed by atoms with van der Waals surface area (Å²) < 4.78 is 98.2. The molecular weight excluding hydrogens is 558 g/mol. The minimum atomic E-state index is -5.28. The standard InChI is InChI=1S/C28H24F6N2O5/c1-15-17(4-8-21(27(29,30)31)25(15)16-5-9-23(39-2)35-12-16)13-36(26(38)28(32,33)34)19-6-7-20-18(10-24(37)40-3)14-41-22(20)11-19/h4-9,11-12,18H,10,13-14H2,1-3H3/t18-/m1/s1. The Morgan fingerprint density at radius 1 is 1.05 bits per heavy atom. The molecule has 1 atom stereocenters. The number of fused-ring (bicyclic) bond motifs is 1. The topological polar surface area (TPSA) is 78.0 Å². The van der Waals surface area contributed by atoms with E-state index in [1.807, 2.05) is 0 Å². The van der Waals surface area contributed by atoms with Crippen LogP contribution in [-0.2, 0) is 27.0 Å². The number of carbonyl (C=O) groups excluding carboxylic acids is 2. The van der Waals surface area contributed by atoms with E-state index in [2.05, 4.69) is 9.72 Å². The maximum Gasteiger partial charge on any atom is 0.471 e. The molecule has 0 radical (unpaired) electrons. The largest absolute Gasteiger partial charge is 0.493 e. The average molecular weight is 582 g/mol. The highest BCUT2D eigenvalue weighted by Crippen LogP contribution is 2.42. The first-order valence-corrected chi connectivity index (χ1v) is 12.2. The number of anilines is 1. The summed E-state index contributed by atoms with van der Waals surface area (Å²) in [5, 5.41) is 0. The van der Waals surface area contributed by atoms with Crippen molar-refractivity contribution in [2.75, 3.05) is 25.7 Å². The van der Waals surface area contributed by atoms with Crippen molar-refractivity contribution < 1.29 is 50.1 Å². The van der Waals surface area contributed by atoms with Gasteiger partial charge in [-0.3, -0.25) is 9.59 Å². The van der Waals surface area contributed by atoms with Crippen molar-refractivity contribution in [1.82, 2.24) is 4.98 Å². The summed E-state index contributed by atoms with van der Waals surface area (Å²) in [4.78, 5) is 28.7. The van der Waals surface area contributed by atoms with Gasteiger partial charge in [0.05, 0.1) is 39.4 Å². The van der Waals surface area contributed by atoms with E-state index in [0.29, 0.717) is 10.5 Å². The molecule has 0 bridgehead atoms. The lowest BCUT2D eigenvalue weighted by atomic mass is 9.91. The van der Waals surface area contributed by atoms with Crippen LogP contribution in [0.1, 0.15) is 34.6 Å². The van der Waals surface area contributed by atoms with Crippen LogP contribution in [0.3, 0.4) is 0 Å². The molecule has 0 unspecified atom stereocenters. The molecule has 41 heavy (non-hydrogen) atoms. The van der Waals surface area contributed by atoms with Crippen LogP contribution in [0, 0.1) is 6.92 Å². The van der Waals surface area contributed by atoms with Gasteiger partial charge in [0.1, 0.15) is 5.75 Å². The zero-order valence-electron chi connectivity index (χ0n) is 22.0. The highest BCUT2D eigenvalue weighted by Gasteiger charge is 2.44. The van der Waals surface area contributed by atoms with Gasteiger partial charge in [-0.25, -0.2) is 4.98 Å². The minimum absolute atomic E-state index is 0.0121. The van der Waals surface area contributed by atoms with Crippen molar-refractivity contribution in [2.24, 2.45) is 0 Å². The molecule has 7 nitrogen and oxygen atoms in total. The second-order valence-corrected chi connectivity index (χ2v) is 9.26. The molecule has 2 aromatic carbocycles. The van der Waals surface area contributed by atoms with Crippen molar-refractivity contribution in [1.29, 1.82) is 0 Å². The molecule has 1 aliphatic heterocycles. The van der Waals surface area contributed by atoms with Crippen LogP contribution in [0.15, 0.2) is 48.7 Å². The number of hydrogen-bond donors (Lipinski definition) is 0. The maximum absolute atomic E-state index is 14.0. The number of alkyl halides is 6. The van der Waals surface area contributed by atoms with Crippen LogP contribution in [0.5, 0.6) is 11.6 Å². The summed E-state index contributed by atoms with van der Waals surface area (Å²) in [7, 11) is 2.56. The lowest BCUT2D eigenvalue weighted by molar-refractivity contribution is -0.170. The first-order valence-electron chi connectivity index (χ1n) is 12.2. The lowest BCUT2D eigenvalue weighted by Gasteiger charge is -2.26. The Bertz CT molecular complexity index is 1450. The summed E-state index contributed by atoms with van der Waals surface area (Å²) >= 11 is 0. The first kappa shape index (κ1) is 29.7. The fraction of sp³-hybridized carbons (Fsp3) is 0.321. The molecule has 0 fully saturated rings. The average Bonchev–Trinajstić information content (AvgIpc) is 3.32. The smallest absolute Gasteiger partial charge is 0.471 e. The van der Waals surface area contributed by atoms with E-state index >= 15 is 0 Å². The molecule has 2 heterocycles. The first-order chi connectivity index (χ1) is 19.2. The normalized spacial score (nSPS) is 14.7. The number of pyridine rings is 1. The summed E-state index contributed by atoms with van der Waals surface area (Å²) in [6.07, 6.45) is -8.91. The van der Waals surface area contributed by atoms with E-state index in [0.717, 1.165) is 12.1 Å². The van der Waals surface area contributed by atoms with Gasteiger partial charge in [-0.15, -0.1) is 0 Å². The molecule has 13 heteroatoms. The second kappa shape index (κ2) is 11.3. The van der Waals surface area contributed by atoms with Gasteiger partial charge in [-0.2, -0.15) is 26.3 Å². The van der Waals surface area contributed by atoms with Crippen LogP contribution in [-0.4, -0.2) is 43.9 Å². The van der Waals surface area contributed by atoms with Crippen LogP contribution >= 0.6 is 0 Å². The van der Waals surface area contributed by atoms with Gasteiger partial charge in [0.2, 0.25) is 5.88 Å². The van der Waals surface area contributed by atoms with Crippen molar-refractivity contribution in [2.45, 2.75) is 38.2 Å². The predicted octanol–water partition coefficient (Wildman–Crippen LogP) is 6.22. The Morgan fingerprint density at radius 3 is 2.37 bits per heavy atom. The Morgan fingerprint density at radius 2 is 1.78 bits per heavy atom. The highest BCUT2D eigenvalue weighted by atomic mass is 19.4. The molecule has 4 rings (SSSR count). The van der Waals surface area contributed by atoms with Gasteiger partial charge >= 0.3 is 24.2 Å². The third kappa shape index (κ3) is 6.23. The van der Waals surface area contributed by atoms with Gasteiger partial charge < -0.3 is 19.1 Å². The quantitative estimate of drug-likeness (QED) is 0.243. The van der Waals surface area contributed by atoms with E-state index in [-0.39, 0.29) is 52.6 Å². The number of esters is 1. The molecule has 0 aliphatic carbocycles. The summed E-state index contributed by atoms with van der Waals surface area (Å²) in [6.45, 7) is 0.727. The molecule has 218 valence electrons. The number of nitrogens with zero attached hydrogens (tertiary/aromatic N) is 2. The van der Waals surface area contributed by atoms with Gasteiger partial charge in [0, 0.05) is 41.1 Å². The number of methoxy groups -OCH3 is 2. The number of amides is 1. The lowest BCUT2D eigenvalue weighted by Crippen LogP contribution is -2.41. The Labute approximate surface area is 230 Å². The van der Waals surface area contributed by atoms with Crippen molar-refractivity contribution in [3.05, 3.63) is 70.9 Å². The van der Waals surface area contributed by atoms with E-state index in [1.54, 1.807) is 0 Å². The Balaban J connectivity index is 1.78. The zero-order valence-corrected chi connectivity index (χ0v) is 22.0. The molecule has 0 N–H and O–H groups in total. The third-order valence-electron chi connectivity index (χ3n) is 6.76. The van der Waals surface area contributed by atoms with Gasteiger partial charge in [-0.1, -0.05) is 12.1 Å². The summed E-state index contributed by atoms with van der Waals surface area (Å²) in [5.74, 6) is -2.76. The highest BCUT2D eigenvalue weighted by molar-refractivity contribution is 5.97. The number of rotatable bonds is 7. The number of aromatic nitrogens is 1. The van der Waals surface area contributed by atoms with E-state index in [1.165, 1.54) is 57.7 Å². The van der Waals surface area contributed by atoms with Crippen molar-refractivity contribution in [3.8, 4) is 22.8 Å². The predicted molar refractivity (Wildman–Crippen MR) is 135 cm³/mol. The van der Waals surface area contributed by atoms with E-state index < -0.39 is 42.3 Å². The molecular formula is C28H24F6N2O5. The minimum Gasteiger partial charge on any atom is -0.493 e. The van der Waals surface area contributed by atoms with Gasteiger partial charge in [0.25, 0.3) is 0 Å². The molecule has 0 spiro atoms. The monoisotopic (exact) mass is 582 g/mol. The molecule has 1 aromatic heterocycles. The Kier molecular flexibility index (Phi) is 8.18. The Hall–Kier alpha value is -4.29. The van der Waals surface area contributed by atoms with Crippen molar-refractivity contribution in [3.63, 3.8) is 0 Å². The molecule has 0 saturated carbocycles. The zero-order chi connectivity index (χ0) is 30.1. The number of benzene rings is 2. The second-order valence-electron chi connectivity index (χ2n) is 9.26. The van der Waals surface area contributed by atoms with Gasteiger partial charge in [0.15, 0.2) is 0 Å². The number of carbonyl (C=O) groups is 2. The van der Waals surface area contributed by atoms with Crippen LogP contribution < -0.4 is 14.4 Å². The fourth-order valence-electron chi connectivity index (χ4n) is 4.67. The molecule has 1 amide bonds. The molecule has 1 aliphatic rings. The third-order valence-corrected chi connectivity index (χ3v) is 6.76. The van der Waals surface area contributed by atoms with E-state index in [4.69, 9.17) is 9.47 Å². The van der Waals surface area contributed by atoms with Crippen LogP contribution in [0.4, 0.5) is 32.0 Å². The van der Waals surface area contributed by atoms with E-state index in [9.17, 15) is 35.9 Å². The number of halogens is 6. The van der Waals surface area contributed by atoms with Crippen LogP contribution in [0.2, 0.25) is 0 Å². The van der Waals surface area contributed by atoms with Crippen molar-refractivity contribution >= 4 is 17.6 Å². The molecule has 3 aromatic rings. The van der Waals surface area contributed by atoms with Crippen LogP contribution in [0.25, 0.3) is 11.1 Å². The number of hydrogen-bond acceptors (Lipinski definition) is 6. The maximum atomic E-state index is 14.0. The fourth-order valence-corrected chi connectivity index (χ4v) is 4.67. The SMILES string of the molecule is COC(=O)C[C@@H]1COc2cc(N(Cc3ccc(C(F)(F)F)c(-c4ccc(OC)nc4)c3C)C(=O)C(F)(F)F)ccc21. The summed E-state index contributed by atoms with van der Waals surface area (Å²) in [5.41, 5.74) is -0.799. The summed E-state index contributed by atoms with van der Waals surface area (Å²) in [6, 6.07) is 8.50. The number of ether oxygens (including phenoxy) is 3. The van der Waals surface area contributed by atoms with Gasteiger partial charge in [-0.05, 0) is 41.8 Å². The molecule has 0 saturated heterocycles.